The molecule has 1 aliphatic carbocycles. The van der Waals surface area contributed by atoms with Crippen LogP contribution in [0.3, 0.4) is 0 Å². The van der Waals surface area contributed by atoms with Crippen molar-refractivity contribution in [2.75, 3.05) is 0 Å². The summed E-state index contributed by atoms with van der Waals surface area (Å²) in [6.45, 7) is 2.12. The Hall–Kier alpha value is -2.08. The van der Waals surface area contributed by atoms with Crippen molar-refractivity contribution in [1.82, 2.24) is 14.8 Å². The van der Waals surface area contributed by atoms with Gasteiger partial charge in [0.25, 0.3) is 0 Å². The molecule has 0 radical (unpaired) electrons. The normalized spacial score (nSPS) is 20.7. The predicted molar refractivity (Wildman–Crippen MR) is 71.5 cm³/mol. The van der Waals surface area contributed by atoms with Gasteiger partial charge >= 0.3 is 5.97 Å². The summed E-state index contributed by atoms with van der Waals surface area (Å²) in [6.07, 6.45) is 2.98. The number of pyridine rings is 1. The molecule has 104 valence electrons. The van der Waals surface area contributed by atoms with Crippen LogP contribution in [0.4, 0.5) is 0 Å². The number of carboxylic acids is 1. The highest BCUT2D eigenvalue weighted by atomic mass is 35.5. The van der Waals surface area contributed by atoms with Gasteiger partial charge in [-0.25, -0.2) is 14.5 Å². The highest BCUT2D eigenvalue weighted by molar-refractivity contribution is 6.32. The van der Waals surface area contributed by atoms with E-state index in [2.05, 4.69) is 17.0 Å². The van der Waals surface area contributed by atoms with Crippen LogP contribution in [0.2, 0.25) is 5.15 Å². The maximum absolute atomic E-state index is 10.9. The second-order valence-electron chi connectivity index (χ2n) is 4.78. The van der Waals surface area contributed by atoms with Crippen LogP contribution in [0.1, 0.15) is 23.7 Å². The van der Waals surface area contributed by atoms with Crippen LogP contribution in [0, 0.1) is 5.92 Å². The van der Waals surface area contributed by atoms with Gasteiger partial charge in [-0.2, -0.15) is 0 Å². The van der Waals surface area contributed by atoms with E-state index in [0.717, 1.165) is 6.42 Å². The zero-order chi connectivity index (χ0) is 14.3. The third-order valence-electron chi connectivity index (χ3n) is 3.17. The Kier molecular flexibility index (Phi) is 3.10. The Bertz CT molecular complexity index is 671. The summed E-state index contributed by atoms with van der Waals surface area (Å²) in [7, 11) is 0. The molecule has 2 aromatic heterocycles. The van der Waals surface area contributed by atoms with Gasteiger partial charge in [0.05, 0.1) is 5.56 Å². The van der Waals surface area contributed by atoms with E-state index in [-0.39, 0.29) is 16.8 Å². The summed E-state index contributed by atoms with van der Waals surface area (Å²) in [6, 6.07) is 4.69. The van der Waals surface area contributed by atoms with Crippen molar-refractivity contribution in [2.24, 2.45) is 5.92 Å². The smallest absolute Gasteiger partial charge is 0.338 e. The molecule has 6 nitrogen and oxygen atoms in total. The van der Waals surface area contributed by atoms with Crippen LogP contribution < -0.4 is 4.74 Å². The first-order valence-corrected chi connectivity index (χ1v) is 6.55. The molecule has 0 aliphatic heterocycles. The van der Waals surface area contributed by atoms with E-state index >= 15 is 0 Å². The largest absolute Gasteiger partial charge is 0.478 e. The summed E-state index contributed by atoms with van der Waals surface area (Å²) < 4.78 is 7.14. The zero-order valence-electron chi connectivity index (χ0n) is 10.7. The topological polar surface area (TPSA) is 77.2 Å². The molecule has 7 heteroatoms. The van der Waals surface area contributed by atoms with E-state index in [1.807, 2.05) is 0 Å². The zero-order valence-corrected chi connectivity index (χ0v) is 11.4. The van der Waals surface area contributed by atoms with E-state index in [1.54, 1.807) is 18.3 Å². The van der Waals surface area contributed by atoms with Gasteiger partial charge in [0, 0.05) is 12.3 Å². The van der Waals surface area contributed by atoms with Gasteiger partial charge in [0.1, 0.15) is 11.3 Å². The Morgan fingerprint density at radius 2 is 2.25 bits per heavy atom. The van der Waals surface area contributed by atoms with Gasteiger partial charge < -0.3 is 9.84 Å². The van der Waals surface area contributed by atoms with Gasteiger partial charge in [-0.05, 0) is 24.5 Å². The fourth-order valence-electron chi connectivity index (χ4n) is 1.82. The average molecular weight is 294 g/mol. The van der Waals surface area contributed by atoms with Gasteiger partial charge in [0.15, 0.2) is 5.82 Å². The number of ether oxygens (including phenoxy) is 1. The van der Waals surface area contributed by atoms with Crippen LogP contribution in [0.25, 0.3) is 5.82 Å². The molecule has 0 spiro atoms. The summed E-state index contributed by atoms with van der Waals surface area (Å²) in [5.74, 6) is 0.433. The maximum Gasteiger partial charge on any atom is 0.338 e. The average Bonchev–Trinajstić information content (AvgIpc) is 2.89. The lowest BCUT2D eigenvalue weighted by atomic mass is 10.3. The number of aromatic carboxylic acids is 1. The van der Waals surface area contributed by atoms with Gasteiger partial charge in [-0.1, -0.05) is 18.5 Å². The lowest BCUT2D eigenvalue weighted by molar-refractivity contribution is 0.0696. The molecule has 0 bridgehead atoms. The molecule has 1 saturated carbocycles. The molecule has 0 saturated heterocycles. The van der Waals surface area contributed by atoms with Gasteiger partial charge in [-0.3, -0.25) is 0 Å². The Balaban J connectivity index is 1.82. The highest BCUT2D eigenvalue weighted by Gasteiger charge is 2.35. The number of carboxylic acid groups (broad SMARTS) is 1. The molecule has 0 aromatic carbocycles. The number of rotatable bonds is 4. The molecule has 20 heavy (non-hydrogen) atoms. The number of nitrogens with zero attached hydrogens (tertiary/aromatic N) is 3. The van der Waals surface area contributed by atoms with Crippen LogP contribution in [0.5, 0.6) is 5.88 Å². The van der Waals surface area contributed by atoms with Gasteiger partial charge in [0.2, 0.25) is 5.88 Å². The minimum Gasteiger partial charge on any atom is -0.478 e. The molecule has 1 N–H and O–H groups in total. The van der Waals surface area contributed by atoms with E-state index in [9.17, 15) is 4.79 Å². The Morgan fingerprint density at radius 1 is 1.50 bits per heavy atom. The first-order chi connectivity index (χ1) is 9.54. The van der Waals surface area contributed by atoms with E-state index in [0.29, 0.717) is 17.6 Å². The van der Waals surface area contributed by atoms with Crippen molar-refractivity contribution in [2.45, 2.75) is 19.4 Å². The second-order valence-corrected chi connectivity index (χ2v) is 5.14. The first kappa shape index (κ1) is 12.9. The second kappa shape index (κ2) is 4.79. The number of halogens is 1. The predicted octanol–water partition coefficient (Wildman–Crippen LogP) is 2.41. The molecule has 1 fully saturated rings. The number of hydrogen-bond acceptors (Lipinski definition) is 4. The van der Waals surface area contributed by atoms with Crippen molar-refractivity contribution < 1.29 is 14.6 Å². The lowest BCUT2D eigenvalue weighted by Crippen LogP contribution is -2.05. The first-order valence-electron chi connectivity index (χ1n) is 6.17. The van der Waals surface area contributed by atoms with Crippen LogP contribution in [-0.4, -0.2) is 31.9 Å². The fraction of sp³-hybridized carbons (Fsp3) is 0.308. The SMILES string of the molecule is C[C@H]1C[C@@H]1Oc1ccn(-c2ccc(C(=O)O)c(Cl)n2)n1. The molecule has 0 unspecified atom stereocenters. The van der Waals surface area contributed by atoms with Crippen molar-refractivity contribution in [1.29, 1.82) is 0 Å². The number of aromatic nitrogens is 3. The molecule has 2 heterocycles. The van der Waals surface area contributed by atoms with E-state index < -0.39 is 5.97 Å². The Morgan fingerprint density at radius 3 is 2.85 bits per heavy atom. The van der Waals surface area contributed by atoms with Crippen molar-refractivity contribution in [3.8, 4) is 11.7 Å². The summed E-state index contributed by atoms with van der Waals surface area (Å²) >= 11 is 5.83. The number of carbonyl (C=O) groups is 1. The van der Waals surface area contributed by atoms with Crippen LogP contribution in [0.15, 0.2) is 24.4 Å². The molecule has 0 amide bonds. The van der Waals surface area contributed by atoms with E-state index in [4.69, 9.17) is 21.4 Å². The Labute approximate surface area is 120 Å². The molecule has 2 atom stereocenters. The quantitative estimate of drug-likeness (QED) is 0.876. The fourth-order valence-corrected chi connectivity index (χ4v) is 2.05. The molecular formula is C13H12ClN3O3. The third kappa shape index (κ3) is 2.46. The molecule has 1 aliphatic rings. The van der Waals surface area contributed by atoms with Crippen molar-refractivity contribution in [3.63, 3.8) is 0 Å². The monoisotopic (exact) mass is 293 g/mol. The summed E-state index contributed by atoms with van der Waals surface area (Å²) in [4.78, 5) is 14.9. The third-order valence-corrected chi connectivity index (χ3v) is 3.46. The summed E-state index contributed by atoms with van der Waals surface area (Å²) in [5.41, 5.74) is -0.0362. The van der Waals surface area contributed by atoms with Crippen LogP contribution in [-0.2, 0) is 0 Å². The van der Waals surface area contributed by atoms with Crippen LogP contribution >= 0.6 is 11.6 Å². The minimum absolute atomic E-state index is 0.0362. The van der Waals surface area contributed by atoms with Crippen molar-refractivity contribution >= 4 is 17.6 Å². The summed E-state index contributed by atoms with van der Waals surface area (Å²) in [5, 5.41) is 13.1. The van der Waals surface area contributed by atoms with E-state index in [1.165, 1.54) is 10.7 Å². The lowest BCUT2D eigenvalue weighted by Gasteiger charge is -2.03. The minimum atomic E-state index is -1.11. The highest BCUT2D eigenvalue weighted by Crippen LogP contribution is 2.33. The molecule has 2 aromatic rings. The maximum atomic E-state index is 10.9. The molecular weight excluding hydrogens is 282 g/mol. The standard InChI is InChI=1S/C13H12ClN3O3/c1-7-6-9(7)20-11-4-5-17(16-11)10-3-2-8(13(18)19)12(14)15-10/h2-5,7,9H,6H2,1H3,(H,18,19)/t7-,9-/m0/s1. The number of hydrogen-bond donors (Lipinski definition) is 1. The molecule has 3 rings (SSSR count). The van der Waals surface area contributed by atoms with Crippen molar-refractivity contribution in [3.05, 3.63) is 35.1 Å². The van der Waals surface area contributed by atoms with Gasteiger partial charge in [-0.15, -0.1) is 5.10 Å².